The Morgan fingerprint density at radius 1 is 1.17 bits per heavy atom. The average Bonchev–Trinajstić information content (AvgIpc) is 2.05. The first-order valence-corrected chi connectivity index (χ1v) is 3.84. The minimum absolute atomic E-state index is 0.559. The number of nitrogen functional groups attached to an aromatic ring is 1. The third-order valence-corrected chi connectivity index (χ3v) is 1.88. The SMILES string of the molecule is COc1cc(OC)c(S)cc1N. The molecule has 1 aromatic rings. The fourth-order valence-corrected chi connectivity index (χ4v) is 1.20. The standard InChI is InChI=1S/C8H11NO2S/c1-10-6-4-7(11-2)8(12)3-5(6)9/h3-4,12H,9H2,1-2H3. The van der Waals surface area contributed by atoms with Gasteiger partial charge in [-0.05, 0) is 6.07 Å². The number of benzene rings is 1. The van der Waals surface area contributed by atoms with Crippen molar-refractivity contribution in [2.45, 2.75) is 4.90 Å². The summed E-state index contributed by atoms with van der Waals surface area (Å²) in [5, 5.41) is 0. The van der Waals surface area contributed by atoms with Crippen LogP contribution in [0.2, 0.25) is 0 Å². The zero-order valence-electron chi connectivity index (χ0n) is 7.00. The Hall–Kier alpha value is -1.03. The van der Waals surface area contributed by atoms with Crippen molar-refractivity contribution in [3.63, 3.8) is 0 Å². The molecule has 0 aromatic heterocycles. The van der Waals surface area contributed by atoms with Crippen molar-refractivity contribution in [3.8, 4) is 11.5 Å². The molecule has 4 heteroatoms. The summed E-state index contributed by atoms with van der Waals surface area (Å²) in [5.41, 5.74) is 6.18. The number of rotatable bonds is 2. The third kappa shape index (κ3) is 1.58. The molecule has 1 rings (SSSR count). The van der Waals surface area contributed by atoms with Crippen LogP contribution in [0.4, 0.5) is 5.69 Å². The average molecular weight is 185 g/mol. The van der Waals surface area contributed by atoms with Crippen LogP contribution in [0.1, 0.15) is 0 Å². The van der Waals surface area contributed by atoms with Crippen LogP contribution in [0, 0.1) is 0 Å². The second-order valence-corrected chi connectivity index (χ2v) is 2.75. The van der Waals surface area contributed by atoms with Gasteiger partial charge in [0.25, 0.3) is 0 Å². The Kier molecular flexibility index (Phi) is 2.70. The highest BCUT2D eigenvalue weighted by Gasteiger charge is 2.05. The highest BCUT2D eigenvalue weighted by molar-refractivity contribution is 7.80. The van der Waals surface area contributed by atoms with Crippen molar-refractivity contribution in [1.82, 2.24) is 0 Å². The smallest absolute Gasteiger partial charge is 0.145 e. The molecule has 3 nitrogen and oxygen atoms in total. The van der Waals surface area contributed by atoms with E-state index in [-0.39, 0.29) is 0 Å². The van der Waals surface area contributed by atoms with Gasteiger partial charge in [-0.25, -0.2) is 0 Å². The first-order chi connectivity index (χ1) is 5.69. The number of hydrogen-bond acceptors (Lipinski definition) is 4. The lowest BCUT2D eigenvalue weighted by Gasteiger charge is -2.08. The maximum absolute atomic E-state index is 5.63. The van der Waals surface area contributed by atoms with Gasteiger partial charge in [-0.2, -0.15) is 0 Å². The first kappa shape index (κ1) is 9.06. The van der Waals surface area contributed by atoms with Crippen molar-refractivity contribution in [3.05, 3.63) is 12.1 Å². The molecule has 0 aliphatic rings. The lowest BCUT2D eigenvalue weighted by atomic mass is 10.3. The van der Waals surface area contributed by atoms with Gasteiger partial charge in [-0.1, -0.05) is 0 Å². The molecule has 0 fully saturated rings. The van der Waals surface area contributed by atoms with E-state index in [1.165, 1.54) is 0 Å². The van der Waals surface area contributed by atoms with Gasteiger partial charge in [0.2, 0.25) is 0 Å². The number of anilines is 1. The molecule has 1 aromatic carbocycles. The second kappa shape index (κ2) is 3.58. The molecule has 2 N–H and O–H groups in total. The molecule has 0 amide bonds. The summed E-state index contributed by atoms with van der Waals surface area (Å²) in [6.45, 7) is 0. The molecule has 0 bridgehead atoms. The molecule has 0 aliphatic carbocycles. The lowest BCUT2D eigenvalue weighted by molar-refractivity contribution is 0.389. The second-order valence-electron chi connectivity index (χ2n) is 2.27. The summed E-state index contributed by atoms with van der Waals surface area (Å²) < 4.78 is 10.0. The lowest BCUT2D eigenvalue weighted by Crippen LogP contribution is -1.94. The largest absolute Gasteiger partial charge is 0.495 e. The van der Waals surface area contributed by atoms with Crippen LogP contribution in [0.15, 0.2) is 17.0 Å². The Bertz CT molecular complexity index is 263. The van der Waals surface area contributed by atoms with E-state index in [0.717, 1.165) is 0 Å². The highest BCUT2D eigenvalue weighted by Crippen LogP contribution is 2.32. The van der Waals surface area contributed by atoms with Crippen LogP contribution in [-0.4, -0.2) is 14.2 Å². The molecule has 0 atom stereocenters. The maximum atomic E-state index is 5.63. The number of methoxy groups -OCH3 is 2. The quantitative estimate of drug-likeness (QED) is 0.543. The van der Waals surface area contributed by atoms with Crippen molar-refractivity contribution in [2.75, 3.05) is 20.0 Å². The van der Waals surface area contributed by atoms with Gasteiger partial charge in [-0.3, -0.25) is 0 Å². The Labute approximate surface area is 76.9 Å². The summed E-state index contributed by atoms with van der Waals surface area (Å²) in [6, 6.07) is 3.40. The van der Waals surface area contributed by atoms with Crippen LogP contribution < -0.4 is 15.2 Å². The molecule has 0 heterocycles. The molecule has 0 spiro atoms. The van der Waals surface area contributed by atoms with Gasteiger partial charge in [0.05, 0.1) is 19.9 Å². The van der Waals surface area contributed by atoms with Crippen LogP contribution in [0.25, 0.3) is 0 Å². The molecule has 66 valence electrons. The molecule has 0 aliphatic heterocycles. The minimum Gasteiger partial charge on any atom is -0.495 e. The number of thiol groups is 1. The van der Waals surface area contributed by atoms with E-state index < -0.39 is 0 Å². The molecule has 0 saturated carbocycles. The molecule has 0 unspecified atom stereocenters. The third-order valence-electron chi connectivity index (χ3n) is 1.53. The fourth-order valence-electron chi connectivity index (χ4n) is 0.906. The van der Waals surface area contributed by atoms with Gasteiger partial charge in [-0.15, -0.1) is 12.6 Å². The van der Waals surface area contributed by atoms with Crippen LogP contribution in [-0.2, 0) is 0 Å². The van der Waals surface area contributed by atoms with E-state index in [0.29, 0.717) is 22.1 Å². The first-order valence-electron chi connectivity index (χ1n) is 3.39. The summed E-state index contributed by atoms with van der Waals surface area (Å²) >= 11 is 4.17. The van der Waals surface area contributed by atoms with E-state index in [9.17, 15) is 0 Å². The summed E-state index contributed by atoms with van der Waals surface area (Å²) in [7, 11) is 3.13. The number of ether oxygens (including phenoxy) is 2. The minimum atomic E-state index is 0.559. The van der Waals surface area contributed by atoms with Crippen molar-refractivity contribution in [2.24, 2.45) is 0 Å². The number of hydrogen-bond donors (Lipinski definition) is 2. The van der Waals surface area contributed by atoms with Gasteiger partial charge in [0, 0.05) is 11.0 Å². The number of nitrogens with two attached hydrogens (primary N) is 1. The predicted molar refractivity (Wildman–Crippen MR) is 51.2 cm³/mol. The summed E-state index contributed by atoms with van der Waals surface area (Å²) in [4.78, 5) is 0.704. The van der Waals surface area contributed by atoms with Crippen molar-refractivity contribution >= 4 is 18.3 Å². The zero-order chi connectivity index (χ0) is 9.14. The molecule has 0 saturated heterocycles. The Morgan fingerprint density at radius 3 is 2.25 bits per heavy atom. The van der Waals surface area contributed by atoms with Crippen molar-refractivity contribution in [1.29, 1.82) is 0 Å². The Balaban J connectivity index is 3.18. The molecule has 0 radical (unpaired) electrons. The summed E-state index contributed by atoms with van der Waals surface area (Å²) in [6.07, 6.45) is 0. The topological polar surface area (TPSA) is 44.5 Å². The van der Waals surface area contributed by atoms with Crippen LogP contribution in [0.3, 0.4) is 0 Å². The molecular formula is C8H11NO2S. The van der Waals surface area contributed by atoms with Crippen molar-refractivity contribution < 1.29 is 9.47 Å². The normalized spacial score (nSPS) is 9.58. The van der Waals surface area contributed by atoms with Gasteiger partial charge in [0.1, 0.15) is 11.5 Å². The van der Waals surface area contributed by atoms with E-state index in [4.69, 9.17) is 15.2 Å². The van der Waals surface area contributed by atoms with E-state index in [2.05, 4.69) is 12.6 Å². The van der Waals surface area contributed by atoms with E-state index in [1.807, 2.05) is 0 Å². The van der Waals surface area contributed by atoms with Crippen LogP contribution >= 0.6 is 12.6 Å². The molecular weight excluding hydrogens is 174 g/mol. The zero-order valence-corrected chi connectivity index (χ0v) is 7.89. The fraction of sp³-hybridized carbons (Fsp3) is 0.250. The Morgan fingerprint density at radius 2 is 1.75 bits per heavy atom. The highest BCUT2D eigenvalue weighted by atomic mass is 32.1. The van der Waals surface area contributed by atoms with Gasteiger partial charge >= 0.3 is 0 Å². The van der Waals surface area contributed by atoms with Gasteiger partial charge in [0.15, 0.2) is 0 Å². The van der Waals surface area contributed by atoms with Crippen LogP contribution in [0.5, 0.6) is 11.5 Å². The molecule has 12 heavy (non-hydrogen) atoms. The van der Waals surface area contributed by atoms with E-state index in [1.54, 1.807) is 26.4 Å². The predicted octanol–water partition coefficient (Wildman–Crippen LogP) is 1.57. The maximum Gasteiger partial charge on any atom is 0.145 e. The van der Waals surface area contributed by atoms with E-state index >= 15 is 0 Å². The van der Waals surface area contributed by atoms with Gasteiger partial charge < -0.3 is 15.2 Å². The summed E-state index contributed by atoms with van der Waals surface area (Å²) in [5.74, 6) is 1.26. The monoisotopic (exact) mass is 185 g/mol.